The molecule has 0 aromatic rings. The number of ether oxygens (including phenoxy) is 2. The molecule has 2 fully saturated rings. The zero-order chi connectivity index (χ0) is 14.4. The quantitative estimate of drug-likeness (QED) is 0.679. The van der Waals surface area contributed by atoms with Crippen LogP contribution in [0.4, 0.5) is 4.79 Å². The molecule has 0 spiro atoms. The third-order valence-electron chi connectivity index (χ3n) is 3.65. The van der Waals surface area contributed by atoms with E-state index in [4.69, 9.17) is 9.47 Å². The van der Waals surface area contributed by atoms with Gasteiger partial charge in [0.25, 0.3) is 0 Å². The fourth-order valence-electron chi connectivity index (χ4n) is 2.64. The van der Waals surface area contributed by atoms with Crippen LogP contribution in [-0.4, -0.2) is 68.4 Å². The fraction of sp³-hybridized carbons (Fsp3) is 0.846. The fourth-order valence-corrected chi connectivity index (χ4v) is 2.64. The van der Waals surface area contributed by atoms with E-state index in [1.54, 1.807) is 6.92 Å². The smallest absolute Gasteiger partial charge is 0.325 e. The maximum atomic E-state index is 11.5. The van der Waals surface area contributed by atoms with Crippen LogP contribution in [0.15, 0.2) is 0 Å². The average Bonchev–Trinajstić information content (AvgIpc) is 2.90. The number of esters is 1. The van der Waals surface area contributed by atoms with Crippen molar-refractivity contribution < 1.29 is 19.1 Å². The summed E-state index contributed by atoms with van der Waals surface area (Å²) in [6, 6.07) is 0.189. The first-order chi connectivity index (χ1) is 9.69. The number of morpholine rings is 1. The number of carbonyl (C=O) groups is 2. The van der Waals surface area contributed by atoms with Gasteiger partial charge in [-0.05, 0) is 26.3 Å². The van der Waals surface area contributed by atoms with Gasteiger partial charge < -0.3 is 20.1 Å². The van der Waals surface area contributed by atoms with Crippen LogP contribution in [0, 0.1) is 0 Å². The molecule has 2 rings (SSSR count). The van der Waals surface area contributed by atoms with Gasteiger partial charge in [-0.2, -0.15) is 0 Å². The van der Waals surface area contributed by atoms with E-state index >= 15 is 0 Å². The van der Waals surface area contributed by atoms with E-state index in [1.165, 1.54) is 12.8 Å². The number of nitrogens with one attached hydrogen (secondary N) is 2. The summed E-state index contributed by atoms with van der Waals surface area (Å²) in [6.07, 6.45) is 2.46. The Balaban J connectivity index is 1.60. The maximum absolute atomic E-state index is 11.5. The lowest BCUT2D eigenvalue weighted by Crippen LogP contribution is -2.51. The first-order valence-electron chi connectivity index (χ1n) is 7.22. The topological polar surface area (TPSA) is 79.9 Å². The van der Waals surface area contributed by atoms with Gasteiger partial charge in [0.1, 0.15) is 6.54 Å². The highest BCUT2D eigenvalue weighted by Gasteiger charge is 2.32. The van der Waals surface area contributed by atoms with Crippen molar-refractivity contribution in [2.45, 2.75) is 31.9 Å². The number of urea groups is 1. The molecule has 2 heterocycles. The zero-order valence-electron chi connectivity index (χ0n) is 11.9. The van der Waals surface area contributed by atoms with Gasteiger partial charge in [-0.1, -0.05) is 0 Å². The molecule has 0 radical (unpaired) electrons. The largest absolute Gasteiger partial charge is 0.465 e. The van der Waals surface area contributed by atoms with Crippen molar-refractivity contribution in [3.05, 3.63) is 0 Å². The first kappa shape index (κ1) is 15.1. The molecule has 2 amide bonds. The molecule has 0 aromatic carbocycles. The van der Waals surface area contributed by atoms with Gasteiger partial charge in [-0.15, -0.1) is 0 Å². The third kappa shape index (κ3) is 4.35. The molecule has 0 aliphatic carbocycles. The Labute approximate surface area is 119 Å². The Morgan fingerprint density at radius 3 is 3.05 bits per heavy atom. The lowest BCUT2D eigenvalue weighted by Gasteiger charge is -2.35. The van der Waals surface area contributed by atoms with Gasteiger partial charge in [0.05, 0.1) is 19.3 Å². The molecule has 2 saturated heterocycles. The van der Waals surface area contributed by atoms with Crippen molar-refractivity contribution in [3.8, 4) is 0 Å². The molecular formula is C13H23N3O4. The van der Waals surface area contributed by atoms with Gasteiger partial charge in [0.2, 0.25) is 0 Å². The van der Waals surface area contributed by atoms with Crippen molar-refractivity contribution in [3.63, 3.8) is 0 Å². The third-order valence-corrected chi connectivity index (χ3v) is 3.65. The lowest BCUT2D eigenvalue weighted by atomic mass is 10.2. The highest BCUT2D eigenvalue weighted by molar-refractivity contribution is 5.80. The summed E-state index contributed by atoms with van der Waals surface area (Å²) in [7, 11) is 0. The molecule has 2 aliphatic rings. The van der Waals surface area contributed by atoms with Crippen molar-refractivity contribution in [2.24, 2.45) is 0 Å². The standard InChI is InChI=1S/C13H23N3O4/c1-2-19-12(17)7-15-13(18)14-6-11-8-16-5-3-4-10(16)9-20-11/h10-11H,2-9H2,1H3,(H2,14,15,18). The van der Waals surface area contributed by atoms with Gasteiger partial charge in [0.15, 0.2) is 0 Å². The second kappa shape index (κ2) is 7.44. The molecule has 2 unspecified atom stereocenters. The first-order valence-corrected chi connectivity index (χ1v) is 7.22. The van der Waals surface area contributed by atoms with Crippen LogP contribution in [-0.2, 0) is 14.3 Å². The SMILES string of the molecule is CCOC(=O)CNC(=O)NCC1CN2CCCC2CO1. The van der Waals surface area contributed by atoms with Crippen LogP contribution in [0.5, 0.6) is 0 Å². The predicted octanol–water partition coefficient (Wildman–Crippen LogP) is -0.288. The van der Waals surface area contributed by atoms with E-state index in [1.807, 2.05) is 0 Å². The molecule has 0 bridgehead atoms. The van der Waals surface area contributed by atoms with E-state index in [0.717, 1.165) is 19.7 Å². The van der Waals surface area contributed by atoms with E-state index in [0.29, 0.717) is 19.2 Å². The molecule has 0 saturated carbocycles. The second-order valence-electron chi connectivity index (χ2n) is 5.11. The molecule has 7 nitrogen and oxygen atoms in total. The van der Waals surface area contributed by atoms with Crippen LogP contribution < -0.4 is 10.6 Å². The van der Waals surface area contributed by atoms with Crippen LogP contribution in [0.2, 0.25) is 0 Å². The number of rotatable bonds is 5. The number of hydrogen-bond acceptors (Lipinski definition) is 5. The monoisotopic (exact) mass is 285 g/mol. The van der Waals surface area contributed by atoms with E-state index in [2.05, 4.69) is 15.5 Å². The summed E-state index contributed by atoms with van der Waals surface area (Å²) < 4.78 is 10.5. The van der Waals surface area contributed by atoms with Crippen LogP contribution in [0.25, 0.3) is 0 Å². The van der Waals surface area contributed by atoms with Gasteiger partial charge >= 0.3 is 12.0 Å². The number of nitrogens with zero attached hydrogens (tertiary/aromatic N) is 1. The van der Waals surface area contributed by atoms with Crippen molar-refractivity contribution in [1.82, 2.24) is 15.5 Å². The number of fused-ring (bicyclic) bond motifs is 1. The molecule has 20 heavy (non-hydrogen) atoms. The molecular weight excluding hydrogens is 262 g/mol. The molecule has 2 aliphatic heterocycles. The number of carbonyl (C=O) groups excluding carboxylic acids is 2. The minimum absolute atomic E-state index is 0.0256. The summed E-state index contributed by atoms with van der Waals surface area (Å²) in [5, 5.41) is 5.18. The molecule has 2 atom stereocenters. The normalized spacial score (nSPS) is 25.9. The van der Waals surface area contributed by atoms with Crippen LogP contribution in [0.1, 0.15) is 19.8 Å². The Morgan fingerprint density at radius 1 is 1.40 bits per heavy atom. The Hall–Kier alpha value is -1.34. The van der Waals surface area contributed by atoms with Crippen LogP contribution in [0.3, 0.4) is 0 Å². The second-order valence-corrected chi connectivity index (χ2v) is 5.11. The van der Waals surface area contributed by atoms with Gasteiger partial charge in [0, 0.05) is 19.1 Å². The summed E-state index contributed by atoms with van der Waals surface area (Å²) in [5.41, 5.74) is 0. The maximum Gasteiger partial charge on any atom is 0.325 e. The minimum Gasteiger partial charge on any atom is -0.465 e. The number of amides is 2. The Kier molecular flexibility index (Phi) is 5.60. The Morgan fingerprint density at radius 2 is 2.25 bits per heavy atom. The van der Waals surface area contributed by atoms with Crippen LogP contribution >= 0.6 is 0 Å². The average molecular weight is 285 g/mol. The van der Waals surface area contributed by atoms with Gasteiger partial charge in [-0.25, -0.2) is 4.79 Å². The van der Waals surface area contributed by atoms with Crippen molar-refractivity contribution >= 4 is 12.0 Å². The minimum atomic E-state index is -0.434. The molecule has 7 heteroatoms. The summed E-state index contributed by atoms with van der Waals surface area (Å²) in [4.78, 5) is 25.0. The van der Waals surface area contributed by atoms with E-state index < -0.39 is 5.97 Å². The Bertz CT molecular complexity index is 351. The van der Waals surface area contributed by atoms with Crippen molar-refractivity contribution in [2.75, 3.05) is 39.4 Å². The summed E-state index contributed by atoms with van der Waals surface area (Å²) in [5.74, 6) is -0.434. The molecule has 2 N–H and O–H groups in total. The highest BCUT2D eigenvalue weighted by atomic mass is 16.5. The van der Waals surface area contributed by atoms with Crippen molar-refractivity contribution in [1.29, 1.82) is 0 Å². The van der Waals surface area contributed by atoms with E-state index in [9.17, 15) is 9.59 Å². The predicted molar refractivity (Wildman–Crippen MR) is 72.4 cm³/mol. The highest BCUT2D eigenvalue weighted by Crippen LogP contribution is 2.22. The summed E-state index contributed by atoms with van der Waals surface area (Å²) in [6.45, 7) is 5.12. The molecule has 114 valence electrons. The van der Waals surface area contributed by atoms with E-state index in [-0.39, 0.29) is 18.7 Å². The molecule has 0 aromatic heterocycles. The van der Waals surface area contributed by atoms with Gasteiger partial charge in [-0.3, -0.25) is 9.69 Å². The lowest BCUT2D eigenvalue weighted by molar-refractivity contribution is -0.141. The number of hydrogen-bond donors (Lipinski definition) is 2. The summed E-state index contributed by atoms with van der Waals surface area (Å²) >= 11 is 0. The zero-order valence-corrected chi connectivity index (χ0v) is 11.9.